The zero-order valence-corrected chi connectivity index (χ0v) is 21.6. The first kappa shape index (κ1) is 24.3. The van der Waals surface area contributed by atoms with E-state index in [0.29, 0.717) is 5.92 Å². The van der Waals surface area contributed by atoms with Gasteiger partial charge in [0.15, 0.2) is 0 Å². The van der Waals surface area contributed by atoms with Gasteiger partial charge in [0.1, 0.15) is 11.6 Å². The van der Waals surface area contributed by atoms with Gasteiger partial charge < -0.3 is 20.3 Å². The van der Waals surface area contributed by atoms with E-state index >= 15 is 0 Å². The van der Waals surface area contributed by atoms with Crippen LogP contribution in [0, 0.1) is 11.8 Å². The molecule has 5 rings (SSSR count). The van der Waals surface area contributed by atoms with Crippen molar-refractivity contribution in [2.45, 2.75) is 32.2 Å². The molecule has 6 nitrogen and oxygen atoms in total. The first-order chi connectivity index (χ1) is 17.6. The minimum atomic E-state index is 0.671. The molecule has 0 spiro atoms. The summed E-state index contributed by atoms with van der Waals surface area (Å²) in [4.78, 5) is 11.6. The number of hydrogen-bond acceptors (Lipinski definition) is 6. The number of aromatic nitrogens is 2. The molecule has 1 aliphatic carbocycles. The molecule has 0 aliphatic heterocycles. The molecule has 3 aromatic carbocycles. The summed E-state index contributed by atoms with van der Waals surface area (Å²) in [7, 11) is 5.80. The van der Waals surface area contributed by atoms with Gasteiger partial charge in [-0.1, -0.05) is 42.5 Å². The lowest BCUT2D eigenvalue weighted by atomic mass is 9.82. The zero-order valence-electron chi connectivity index (χ0n) is 21.6. The second-order valence-corrected chi connectivity index (χ2v) is 10.2. The summed E-state index contributed by atoms with van der Waals surface area (Å²) in [6, 6.07) is 21.0. The summed E-state index contributed by atoms with van der Waals surface area (Å²) in [5, 5.41) is 10.8. The number of nitrogens with zero attached hydrogens (tertiary/aromatic N) is 3. The third-order valence-corrected chi connectivity index (χ3v) is 7.46. The molecular weight excluding hydrogens is 446 g/mol. The van der Waals surface area contributed by atoms with E-state index in [1.54, 1.807) is 7.11 Å². The highest BCUT2D eigenvalue weighted by Crippen LogP contribution is 2.31. The van der Waals surface area contributed by atoms with Crippen LogP contribution in [0.4, 0.5) is 11.8 Å². The number of nitrogens with one attached hydrogen (secondary N) is 2. The second-order valence-electron chi connectivity index (χ2n) is 10.2. The van der Waals surface area contributed by atoms with E-state index in [0.717, 1.165) is 54.0 Å². The van der Waals surface area contributed by atoms with Gasteiger partial charge in [-0.2, -0.15) is 4.98 Å². The maximum atomic E-state index is 5.54. The van der Waals surface area contributed by atoms with Crippen LogP contribution in [-0.4, -0.2) is 44.3 Å². The van der Waals surface area contributed by atoms with Crippen molar-refractivity contribution in [3.05, 3.63) is 66.2 Å². The summed E-state index contributed by atoms with van der Waals surface area (Å²) in [5.74, 6) is 4.04. The molecule has 1 aliphatic rings. The van der Waals surface area contributed by atoms with E-state index in [-0.39, 0.29) is 0 Å². The molecule has 0 unspecified atom stereocenters. The summed E-state index contributed by atoms with van der Waals surface area (Å²) >= 11 is 0. The average molecular weight is 484 g/mol. The minimum Gasteiger partial charge on any atom is -0.496 e. The molecule has 0 saturated heterocycles. The van der Waals surface area contributed by atoms with Crippen molar-refractivity contribution in [1.29, 1.82) is 0 Å². The predicted molar refractivity (Wildman–Crippen MR) is 150 cm³/mol. The Labute approximate surface area is 214 Å². The maximum Gasteiger partial charge on any atom is 0.225 e. The Kier molecular flexibility index (Phi) is 7.52. The number of benzene rings is 3. The van der Waals surface area contributed by atoms with Crippen LogP contribution in [0.5, 0.6) is 5.75 Å². The van der Waals surface area contributed by atoms with E-state index < -0.39 is 0 Å². The second kappa shape index (κ2) is 11.1. The molecule has 1 fully saturated rings. The lowest BCUT2D eigenvalue weighted by Gasteiger charge is -2.29. The molecule has 0 atom stereocenters. The van der Waals surface area contributed by atoms with Crippen molar-refractivity contribution < 1.29 is 4.74 Å². The molecule has 1 heterocycles. The lowest BCUT2D eigenvalue weighted by Crippen LogP contribution is -2.28. The van der Waals surface area contributed by atoms with Crippen molar-refractivity contribution in [2.75, 3.05) is 44.5 Å². The third-order valence-electron chi connectivity index (χ3n) is 7.46. The van der Waals surface area contributed by atoms with Gasteiger partial charge in [0.25, 0.3) is 0 Å². The standard InChI is InChI=1S/C30H37N5O/c1-35(2)29-26-10-6-7-11-27(26)33-30(34-29)32-19-22-14-12-21(13-15-22)18-31-20-23-16-17-28(36-3)25-9-5-4-8-24(23)25/h4-11,16-17,21-22,31H,12-15,18-20H2,1-3H3,(H,32,33,34). The van der Waals surface area contributed by atoms with Crippen molar-refractivity contribution in [1.82, 2.24) is 15.3 Å². The summed E-state index contributed by atoms with van der Waals surface area (Å²) in [6.45, 7) is 2.89. The molecule has 1 saturated carbocycles. The van der Waals surface area contributed by atoms with Crippen LogP contribution in [0.15, 0.2) is 60.7 Å². The normalized spacial score (nSPS) is 17.9. The van der Waals surface area contributed by atoms with E-state index in [2.05, 4.69) is 64.1 Å². The number of anilines is 2. The summed E-state index contributed by atoms with van der Waals surface area (Å²) in [5.41, 5.74) is 2.31. The highest BCUT2D eigenvalue weighted by atomic mass is 16.5. The van der Waals surface area contributed by atoms with Crippen LogP contribution in [0.3, 0.4) is 0 Å². The van der Waals surface area contributed by atoms with Gasteiger partial charge in [0.05, 0.1) is 12.6 Å². The van der Waals surface area contributed by atoms with Gasteiger partial charge in [0, 0.05) is 38.0 Å². The Morgan fingerprint density at radius 1 is 0.806 bits per heavy atom. The number of methoxy groups -OCH3 is 1. The molecule has 6 heteroatoms. The Bertz CT molecular complexity index is 1310. The fourth-order valence-corrected chi connectivity index (χ4v) is 5.43. The molecular formula is C30H37N5O. The Hall–Kier alpha value is -3.38. The number of rotatable bonds is 9. The smallest absolute Gasteiger partial charge is 0.225 e. The van der Waals surface area contributed by atoms with Gasteiger partial charge in [0.2, 0.25) is 5.95 Å². The SMILES string of the molecule is COc1ccc(CNCC2CCC(CNc3nc(N(C)C)c4ccccc4n3)CC2)c2ccccc12. The third kappa shape index (κ3) is 5.39. The quantitative estimate of drug-likeness (QED) is 0.311. The van der Waals surface area contributed by atoms with Gasteiger partial charge in [-0.15, -0.1) is 0 Å². The minimum absolute atomic E-state index is 0.671. The van der Waals surface area contributed by atoms with E-state index in [1.807, 2.05) is 26.2 Å². The van der Waals surface area contributed by atoms with E-state index in [9.17, 15) is 0 Å². The lowest BCUT2D eigenvalue weighted by molar-refractivity contribution is 0.275. The van der Waals surface area contributed by atoms with Crippen LogP contribution in [-0.2, 0) is 6.54 Å². The van der Waals surface area contributed by atoms with E-state index in [1.165, 1.54) is 42.0 Å². The summed E-state index contributed by atoms with van der Waals surface area (Å²) in [6.07, 6.45) is 5.03. The maximum absolute atomic E-state index is 5.54. The first-order valence-electron chi connectivity index (χ1n) is 13.1. The van der Waals surface area contributed by atoms with Crippen LogP contribution < -0.4 is 20.3 Å². The van der Waals surface area contributed by atoms with Crippen LogP contribution >= 0.6 is 0 Å². The summed E-state index contributed by atoms with van der Waals surface area (Å²) < 4.78 is 5.54. The predicted octanol–water partition coefficient (Wildman–Crippen LogP) is 5.87. The van der Waals surface area contributed by atoms with Crippen LogP contribution in [0.1, 0.15) is 31.2 Å². The first-order valence-corrected chi connectivity index (χ1v) is 13.1. The molecule has 0 radical (unpaired) electrons. The topological polar surface area (TPSA) is 62.3 Å². The fraction of sp³-hybridized carbons (Fsp3) is 0.400. The van der Waals surface area contributed by atoms with Crippen LogP contribution in [0.2, 0.25) is 0 Å². The Morgan fingerprint density at radius 3 is 2.19 bits per heavy atom. The molecule has 0 amide bonds. The number of ether oxygens (including phenoxy) is 1. The van der Waals surface area contributed by atoms with Gasteiger partial charge in [-0.05, 0) is 73.2 Å². The fourth-order valence-electron chi connectivity index (χ4n) is 5.43. The molecule has 36 heavy (non-hydrogen) atoms. The van der Waals surface area contributed by atoms with Gasteiger partial charge in [-0.3, -0.25) is 0 Å². The molecule has 2 N–H and O–H groups in total. The molecule has 1 aromatic heterocycles. The highest BCUT2D eigenvalue weighted by Gasteiger charge is 2.21. The largest absolute Gasteiger partial charge is 0.496 e. The zero-order chi connectivity index (χ0) is 24.9. The Balaban J connectivity index is 1.11. The van der Waals surface area contributed by atoms with Crippen molar-refractivity contribution in [3.63, 3.8) is 0 Å². The number of hydrogen-bond donors (Lipinski definition) is 2. The van der Waals surface area contributed by atoms with Gasteiger partial charge >= 0.3 is 0 Å². The Morgan fingerprint density at radius 2 is 1.47 bits per heavy atom. The van der Waals surface area contributed by atoms with Crippen molar-refractivity contribution in [3.8, 4) is 5.75 Å². The van der Waals surface area contributed by atoms with E-state index in [4.69, 9.17) is 14.7 Å². The molecule has 188 valence electrons. The van der Waals surface area contributed by atoms with Crippen molar-refractivity contribution >= 4 is 33.4 Å². The monoisotopic (exact) mass is 483 g/mol. The number of para-hydroxylation sites is 1. The molecule has 4 aromatic rings. The highest BCUT2D eigenvalue weighted by molar-refractivity contribution is 5.91. The molecule has 0 bridgehead atoms. The van der Waals surface area contributed by atoms with Crippen LogP contribution in [0.25, 0.3) is 21.7 Å². The number of fused-ring (bicyclic) bond motifs is 2. The van der Waals surface area contributed by atoms with Gasteiger partial charge in [-0.25, -0.2) is 4.98 Å². The van der Waals surface area contributed by atoms with Crippen molar-refractivity contribution in [2.24, 2.45) is 11.8 Å². The average Bonchev–Trinajstić information content (AvgIpc) is 2.92.